The Morgan fingerprint density at radius 3 is 1.45 bits per heavy atom. The van der Waals surface area contributed by atoms with Crippen LogP contribution in [0, 0.1) is 0 Å². The molecule has 0 saturated heterocycles. The largest absolute Gasteiger partial charge is 0.481 e. The van der Waals surface area contributed by atoms with Crippen molar-refractivity contribution in [2.45, 2.75) is 206 Å². The molecule has 0 aromatic heterocycles. The minimum absolute atomic E-state index is 0.0244. The zero-order valence-electron chi connectivity index (χ0n) is 28.1. The zero-order chi connectivity index (χ0) is 30.8. The predicted molar refractivity (Wildman–Crippen MR) is 181 cm³/mol. The van der Waals surface area contributed by atoms with E-state index in [0.29, 0.717) is 6.42 Å². The summed E-state index contributed by atoms with van der Waals surface area (Å²) in [5.74, 6) is -0.736. The van der Waals surface area contributed by atoms with Crippen LogP contribution >= 0.6 is 0 Å². The van der Waals surface area contributed by atoms with Crippen LogP contribution in [0.5, 0.6) is 0 Å². The smallest absolute Gasteiger partial charge is 0.306 e. The van der Waals surface area contributed by atoms with Gasteiger partial charge in [-0.15, -0.1) is 0 Å². The van der Waals surface area contributed by atoms with Gasteiger partial charge in [-0.25, -0.2) is 0 Å². The van der Waals surface area contributed by atoms with E-state index < -0.39 is 5.97 Å². The van der Waals surface area contributed by atoms with Gasteiger partial charge in [-0.2, -0.15) is 0 Å². The summed E-state index contributed by atoms with van der Waals surface area (Å²) in [6.07, 6.45) is 41.8. The number of hydrogen-bond acceptors (Lipinski definition) is 3. The lowest BCUT2D eigenvalue weighted by molar-refractivity contribution is -0.150. The maximum atomic E-state index is 12.6. The van der Waals surface area contributed by atoms with E-state index in [1.54, 1.807) is 0 Å². The van der Waals surface area contributed by atoms with Crippen LogP contribution in [-0.4, -0.2) is 23.1 Å². The highest BCUT2D eigenvalue weighted by molar-refractivity contribution is 5.69. The number of hydrogen-bond donors (Lipinski definition) is 1. The topological polar surface area (TPSA) is 63.6 Å². The third kappa shape index (κ3) is 32.9. The highest BCUT2D eigenvalue weighted by Gasteiger charge is 2.14. The van der Waals surface area contributed by atoms with Gasteiger partial charge in [0, 0.05) is 12.8 Å². The van der Waals surface area contributed by atoms with Crippen LogP contribution in [0.15, 0.2) is 24.3 Å². The number of carboxylic acid groups (broad SMARTS) is 1. The van der Waals surface area contributed by atoms with Crippen LogP contribution in [0.25, 0.3) is 0 Å². The molecule has 1 atom stereocenters. The van der Waals surface area contributed by atoms with Crippen molar-refractivity contribution in [1.29, 1.82) is 0 Å². The van der Waals surface area contributed by atoms with Gasteiger partial charge < -0.3 is 9.84 Å². The Labute approximate surface area is 261 Å². The van der Waals surface area contributed by atoms with E-state index in [1.165, 1.54) is 103 Å². The molecule has 0 aliphatic carbocycles. The second kappa shape index (κ2) is 33.9. The highest BCUT2D eigenvalue weighted by Crippen LogP contribution is 2.18. The SMILES string of the molecule is CCCCC/C=C\C/C=C\CCCCCCCC(=O)OC(CCCCCCCCCCCC)CCCCCCC(=O)O. The van der Waals surface area contributed by atoms with E-state index >= 15 is 0 Å². The van der Waals surface area contributed by atoms with E-state index in [-0.39, 0.29) is 18.5 Å². The Hall–Kier alpha value is -1.58. The summed E-state index contributed by atoms with van der Waals surface area (Å²) in [6.45, 7) is 4.51. The molecular weight excluding hydrogens is 520 g/mol. The number of esters is 1. The third-order valence-electron chi connectivity index (χ3n) is 8.18. The van der Waals surface area contributed by atoms with Crippen molar-refractivity contribution >= 4 is 11.9 Å². The molecule has 1 unspecified atom stereocenters. The highest BCUT2D eigenvalue weighted by atomic mass is 16.5. The number of carbonyl (C=O) groups excluding carboxylic acids is 1. The molecule has 0 spiro atoms. The summed E-state index contributed by atoms with van der Waals surface area (Å²) in [6, 6.07) is 0. The fraction of sp³-hybridized carbons (Fsp3) is 0.842. The molecule has 42 heavy (non-hydrogen) atoms. The van der Waals surface area contributed by atoms with Crippen molar-refractivity contribution in [3.8, 4) is 0 Å². The molecular formula is C38H70O4. The summed E-state index contributed by atoms with van der Waals surface area (Å²) in [7, 11) is 0. The van der Waals surface area contributed by atoms with Crippen molar-refractivity contribution in [3.05, 3.63) is 24.3 Å². The number of carboxylic acids is 1. The number of allylic oxidation sites excluding steroid dienone is 4. The van der Waals surface area contributed by atoms with Crippen LogP contribution in [0.2, 0.25) is 0 Å². The molecule has 246 valence electrons. The number of ether oxygens (including phenoxy) is 1. The Kier molecular flexibility index (Phi) is 32.6. The van der Waals surface area contributed by atoms with Crippen LogP contribution in [0.1, 0.15) is 200 Å². The summed E-state index contributed by atoms with van der Waals surface area (Å²) < 4.78 is 5.95. The fourth-order valence-corrected chi connectivity index (χ4v) is 5.45. The molecule has 0 aromatic carbocycles. The van der Waals surface area contributed by atoms with Gasteiger partial charge in [-0.05, 0) is 70.6 Å². The number of rotatable bonds is 33. The fourth-order valence-electron chi connectivity index (χ4n) is 5.45. The predicted octanol–water partition coefficient (Wildman–Crippen LogP) is 12.4. The van der Waals surface area contributed by atoms with Crippen molar-refractivity contribution in [1.82, 2.24) is 0 Å². The van der Waals surface area contributed by atoms with Crippen molar-refractivity contribution in [2.75, 3.05) is 0 Å². The maximum Gasteiger partial charge on any atom is 0.306 e. The van der Waals surface area contributed by atoms with Gasteiger partial charge in [-0.1, -0.05) is 141 Å². The number of aliphatic carboxylic acids is 1. The minimum Gasteiger partial charge on any atom is -0.481 e. The summed E-state index contributed by atoms with van der Waals surface area (Å²) in [4.78, 5) is 23.3. The van der Waals surface area contributed by atoms with Crippen molar-refractivity contribution in [2.24, 2.45) is 0 Å². The van der Waals surface area contributed by atoms with Gasteiger partial charge in [0.15, 0.2) is 0 Å². The van der Waals surface area contributed by atoms with Crippen LogP contribution < -0.4 is 0 Å². The van der Waals surface area contributed by atoms with E-state index in [9.17, 15) is 9.59 Å². The van der Waals surface area contributed by atoms with Gasteiger partial charge in [0.1, 0.15) is 6.10 Å². The molecule has 0 bridgehead atoms. The number of carbonyl (C=O) groups is 2. The molecule has 0 fully saturated rings. The minimum atomic E-state index is -0.712. The van der Waals surface area contributed by atoms with Crippen molar-refractivity contribution < 1.29 is 19.4 Å². The normalized spacial score (nSPS) is 12.4. The van der Waals surface area contributed by atoms with E-state index in [0.717, 1.165) is 70.6 Å². The molecule has 1 N–H and O–H groups in total. The Balaban J connectivity index is 4.01. The molecule has 0 heterocycles. The molecule has 0 aliphatic rings. The molecule has 0 amide bonds. The summed E-state index contributed by atoms with van der Waals surface area (Å²) >= 11 is 0. The van der Waals surface area contributed by atoms with E-state index in [1.807, 2.05) is 0 Å². The monoisotopic (exact) mass is 591 g/mol. The lowest BCUT2D eigenvalue weighted by Gasteiger charge is -2.18. The van der Waals surface area contributed by atoms with Gasteiger partial charge >= 0.3 is 11.9 Å². The molecule has 0 aromatic rings. The Morgan fingerprint density at radius 2 is 0.929 bits per heavy atom. The van der Waals surface area contributed by atoms with Crippen LogP contribution in [-0.2, 0) is 14.3 Å². The zero-order valence-corrected chi connectivity index (χ0v) is 28.1. The quantitative estimate of drug-likeness (QED) is 0.0469. The Bertz CT molecular complexity index is 639. The van der Waals surface area contributed by atoms with Crippen LogP contribution in [0.4, 0.5) is 0 Å². The molecule has 0 rings (SSSR count). The van der Waals surface area contributed by atoms with Crippen molar-refractivity contribution in [3.63, 3.8) is 0 Å². The molecule has 4 nitrogen and oxygen atoms in total. The number of unbranched alkanes of at least 4 members (excludes halogenated alkanes) is 20. The Morgan fingerprint density at radius 1 is 0.524 bits per heavy atom. The van der Waals surface area contributed by atoms with Gasteiger partial charge in [0.05, 0.1) is 0 Å². The van der Waals surface area contributed by atoms with Gasteiger partial charge in [0.25, 0.3) is 0 Å². The maximum absolute atomic E-state index is 12.6. The average molecular weight is 591 g/mol. The first-order chi connectivity index (χ1) is 20.6. The van der Waals surface area contributed by atoms with Gasteiger partial charge in [0.2, 0.25) is 0 Å². The van der Waals surface area contributed by atoms with E-state index in [2.05, 4.69) is 38.2 Å². The standard InChI is InChI=1S/C38H70O4/c1-3-5-7-9-11-13-15-16-17-18-19-21-23-25-31-35-38(41)42-36(33-29-26-27-30-34-37(39)40)32-28-24-22-20-14-12-10-8-6-4-2/h11,13,16-17,36H,3-10,12,14-15,18-35H2,1-2H3,(H,39,40)/b13-11-,17-16-. The molecule has 4 heteroatoms. The van der Waals surface area contributed by atoms with Crippen LogP contribution in [0.3, 0.4) is 0 Å². The second-order valence-electron chi connectivity index (χ2n) is 12.4. The first-order valence-corrected chi connectivity index (χ1v) is 18.3. The second-order valence-corrected chi connectivity index (χ2v) is 12.4. The third-order valence-corrected chi connectivity index (χ3v) is 8.18. The summed E-state index contributed by atoms with van der Waals surface area (Å²) in [5.41, 5.74) is 0. The first kappa shape index (κ1) is 40.4. The first-order valence-electron chi connectivity index (χ1n) is 18.3. The average Bonchev–Trinajstić information content (AvgIpc) is 2.97. The lowest BCUT2D eigenvalue weighted by atomic mass is 10.0. The molecule has 0 aliphatic heterocycles. The van der Waals surface area contributed by atoms with E-state index in [4.69, 9.17) is 9.84 Å². The molecule has 0 saturated carbocycles. The van der Waals surface area contributed by atoms with Gasteiger partial charge in [-0.3, -0.25) is 9.59 Å². The molecule has 0 radical (unpaired) electrons. The summed E-state index contributed by atoms with van der Waals surface area (Å²) in [5, 5.41) is 8.82. The lowest BCUT2D eigenvalue weighted by Crippen LogP contribution is -2.18.